The summed E-state index contributed by atoms with van der Waals surface area (Å²) >= 11 is 0. The summed E-state index contributed by atoms with van der Waals surface area (Å²) in [6.07, 6.45) is -0.463. The molecular formula is C24H28N2O5. The fraction of sp³-hybridized carbons (Fsp3) is 0.375. The Kier molecular flexibility index (Phi) is 6.34. The van der Waals surface area contributed by atoms with Crippen molar-refractivity contribution >= 4 is 18.0 Å². The number of carboxylic acids is 1. The molecule has 0 radical (unpaired) electrons. The number of hydrogen-bond acceptors (Lipinski definition) is 4. The maximum absolute atomic E-state index is 12.8. The first-order valence-corrected chi connectivity index (χ1v) is 10.3. The monoisotopic (exact) mass is 424 g/mol. The Hall–Kier alpha value is -3.35. The number of nitrogens with one attached hydrogen (secondary N) is 1. The van der Waals surface area contributed by atoms with Crippen LogP contribution in [0.5, 0.6) is 0 Å². The second-order valence-corrected chi connectivity index (χ2v) is 8.25. The second-order valence-electron chi connectivity index (χ2n) is 8.25. The summed E-state index contributed by atoms with van der Waals surface area (Å²) in [7, 11) is 1.42. The number of benzene rings is 2. The molecule has 7 heteroatoms. The van der Waals surface area contributed by atoms with Gasteiger partial charge in [0.15, 0.2) is 0 Å². The number of hydrogen-bond donors (Lipinski definition) is 2. The predicted octanol–water partition coefficient (Wildman–Crippen LogP) is 3.63. The summed E-state index contributed by atoms with van der Waals surface area (Å²) < 4.78 is 5.50. The van der Waals surface area contributed by atoms with Gasteiger partial charge in [0.2, 0.25) is 5.91 Å². The third-order valence-corrected chi connectivity index (χ3v) is 5.75. The van der Waals surface area contributed by atoms with Crippen LogP contribution in [0.1, 0.15) is 44.2 Å². The second kappa shape index (κ2) is 8.79. The fourth-order valence-electron chi connectivity index (χ4n) is 4.14. The maximum atomic E-state index is 12.8. The molecule has 0 aromatic heterocycles. The Balaban J connectivity index is 1.67. The van der Waals surface area contributed by atoms with Crippen molar-refractivity contribution in [3.8, 4) is 11.1 Å². The summed E-state index contributed by atoms with van der Waals surface area (Å²) in [5, 5.41) is 11.9. The topological polar surface area (TPSA) is 95.9 Å². The number of alkyl carbamates (subject to hydrolysis) is 1. The van der Waals surface area contributed by atoms with Crippen LogP contribution in [0.25, 0.3) is 11.1 Å². The van der Waals surface area contributed by atoms with Crippen molar-refractivity contribution in [2.24, 2.45) is 0 Å². The van der Waals surface area contributed by atoms with Gasteiger partial charge in [-0.3, -0.25) is 4.79 Å². The van der Waals surface area contributed by atoms with Crippen molar-refractivity contribution in [2.45, 2.75) is 44.7 Å². The van der Waals surface area contributed by atoms with E-state index in [1.807, 2.05) is 36.4 Å². The van der Waals surface area contributed by atoms with E-state index >= 15 is 0 Å². The van der Waals surface area contributed by atoms with Crippen LogP contribution in [0, 0.1) is 0 Å². The van der Waals surface area contributed by atoms with Gasteiger partial charge in [-0.05, 0) is 42.5 Å². The van der Waals surface area contributed by atoms with Gasteiger partial charge < -0.3 is 20.1 Å². The van der Waals surface area contributed by atoms with Gasteiger partial charge in [-0.15, -0.1) is 0 Å². The number of fused-ring (bicyclic) bond motifs is 3. The van der Waals surface area contributed by atoms with E-state index in [0.717, 1.165) is 27.2 Å². The number of amides is 2. The highest BCUT2D eigenvalue weighted by atomic mass is 16.5. The van der Waals surface area contributed by atoms with Crippen molar-refractivity contribution in [3.05, 3.63) is 59.7 Å². The Labute approximate surface area is 182 Å². The average molecular weight is 424 g/mol. The maximum Gasteiger partial charge on any atom is 0.408 e. The molecule has 1 atom stereocenters. The first-order chi connectivity index (χ1) is 14.7. The van der Waals surface area contributed by atoms with Crippen LogP contribution in [0.15, 0.2) is 48.5 Å². The number of ether oxygens (including phenoxy) is 1. The molecule has 31 heavy (non-hydrogen) atoms. The molecule has 2 amide bonds. The van der Waals surface area contributed by atoms with Gasteiger partial charge >= 0.3 is 12.1 Å². The fourth-order valence-corrected chi connectivity index (χ4v) is 4.14. The van der Waals surface area contributed by atoms with Crippen LogP contribution in [0.3, 0.4) is 0 Å². The lowest BCUT2D eigenvalue weighted by Gasteiger charge is -2.32. The molecule has 2 N–H and O–H groups in total. The van der Waals surface area contributed by atoms with E-state index < -0.39 is 29.6 Å². The van der Waals surface area contributed by atoms with Gasteiger partial charge in [-0.25, -0.2) is 9.59 Å². The van der Waals surface area contributed by atoms with Crippen LogP contribution in [0.2, 0.25) is 0 Å². The first-order valence-electron chi connectivity index (χ1n) is 10.3. The van der Waals surface area contributed by atoms with Crippen molar-refractivity contribution in [2.75, 3.05) is 13.7 Å². The van der Waals surface area contributed by atoms with E-state index in [9.17, 15) is 19.5 Å². The Bertz CT molecular complexity index is 955. The molecule has 3 rings (SSSR count). The third kappa shape index (κ3) is 4.40. The van der Waals surface area contributed by atoms with Gasteiger partial charge in [0.25, 0.3) is 0 Å². The molecule has 1 aliphatic rings. The summed E-state index contributed by atoms with van der Waals surface area (Å²) in [6.45, 7) is 4.88. The molecule has 0 heterocycles. The summed E-state index contributed by atoms with van der Waals surface area (Å²) in [5.41, 5.74) is 3.13. The van der Waals surface area contributed by atoms with E-state index in [0.29, 0.717) is 0 Å². The highest BCUT2D eigenvalue weighted by Crippen LogP contribution is 2.44. The number of nitrogens with zero attached hydrogens (tertiary/aromatic N) is 1. The summed E-state index contributed by atoms with van der Waals surface area (Å²) in [4.78, 5) is 37.8. The highest BCUT2D eigenvalue weighted by Gasteiger charge is 2.37. The number of aliphatic carboxylic acids is 1. The van der Waals surface area contributed by atoms with Crippen LogP contribution in [-0.2, 0) is 14.3 Å². The number of carbonyl (C=O) groups is 3. The number of carboxylic acid groups (broad SMARTS) is 1. The normalized spacial score (nSPS) is 13.7. The lowest BCUT2D eigenvalue weighted by molar-refractivity contribution is -0.151. The van der Waals surface area contributed by atoms with Gasteiger partial charge in [0, 0.05) is 13.0 Å². The van der Waals surface area contributed by atoms with E-state index in [-0.39, 0.29) is 18.9 Å². The molecule has 164 valence electrons. The van der Waals surface area contributed by atoms with Gasteiger partial charge in [-0.1, -0.05) is 55.5 Å². The summed E-state index contributed by atoms with van der Waals surface area (Å²) in [6, 6.07) is 15.1. The largest absolute Gasteiger partial charge is 0.480 e. The van der Waals surface area contributed by atoms with Crippen LogP contribution >= 0.6 is 0 Å². The molecule has 2 aromatic rings. The molecule has 7 nitrogen and oxygen atoms in total. The zero-order chi connectivity index (χ0) is 22.8. The lowest BCUT2D eigenvalue weighted by atomic mass is 9.98. The van der Waals surface area contributed by atoms with Gasteiger partial charge in [0.05, 0.1) is 0 Å². The number of rotatable bonds is 7. The van der Waals surface area contributed by atoms with Crippen LogP contribution in [-0.4, -0.2) is 53.2 Å². The Morgan fingerprint density at radius 2 is 1.58 bits per heavy atom. The van der Waals surface area contributed by atoms with Crippen molar-refractivity contribution < 1.29 is 24.2 Å². The first kappa shape index (κ1) is 22.3. The molecule has 0 saturated heterocycles. The molecule has 0 bridgehead atoms. The molecule has 2 aromatic carbocycles. The van der Waals surface area contributed by atoms with E-state index in [1.165, 1.54) is 20.9 Å². The quantitative estimate of drug-likeness (QED) is 0.708. The van der Waals surface area contributed by atoms with E-state index in [4.69, 9.17) is 4.74 Å². The zero-order valence-electron chi connectivity index (χ0n) is 18.2. The smallest absolute Gasteiger partial charge is 0.408 e. The van der Waals surface area contributed by atoms with Crippen LogP contribution < -0.4 is 5.32 Å². The third-order valence-electron chi connectivity index (χ3n) is 5.75. The Morgan fingerprint density at radius 1 is 1.06 bits per heavy atom. The SMILES string of the molecule is CCC(C(=O)O)N(C)C(=O)C(C)(C)NC(=O)OCC1c2ccccc2-c2ccccc21. The average Bonchev–Trinajstić information content (AvgIpc) is 3.05. The molecule has 0 aliphatic heterocycles. The van der Waals surface area contributed by atoms with Crippen molar-refractivity contribution in [1.29, 1.82) is 0 Å². The predicted molar refractivity (Wildman–Crippen MR) is 117 cm³/mol. The van der Waals surface area contributed by atoms with Crippen molar-refractivity contribution in [1.82, 2.24) is 10.2 Å². The molecule has 0 fully saturated rings. The Morgan fingerprint density at radius 3 is 2.06 bits per heavy atom. The number of carbonyl (C=O) groups excluding carboxylic acids is 2. The standard InChI is InChI=1S/C24H28N2O5/c1-5-20(21(27)28)26(4)22(29)24(2,3)25-23(30)31-14-19-17-12-8-6-10-15(17)16-11-7-9-13-18(16)19/h6-13,19-20H,5,14H2,1-4H3,(H,25,30)(H,27,28). The molecular weight excluding hydrogens is 396 g/mol. The van der Waals surface area contributed by atoms with Crippen LogP contribution in [0.4, 0.5) is 4.79 Å². The van der Waals surface area contributed by atoms with Crippen molar-refractivity contribution in [3.63, 3.8) is 0 Å². The lowest BCUT2D eigenvalue weighted by Crippen LogP contribution is -2.58. The minimum atomic E-state index is -1.32. The van der Waals surface area contributed by atoms with E-state index in [1.54, 1.807) is 6.92 Å². The molecule has 0 spiro atoms. The minimum absolute atomic E-state index is 0.0869. The molecule has 1 unspecified atom stereocenters. The minimum Gasteiger partial charge on any atom is -0.480 e. The molecule has 1 aliphatic carbocycles. The number of likely N-dealkylation sites (N-methyl/N-ethyl adjacent to an activating group) is 1. The molecule has 0 saturated carbocycles. The van der Waals surface area contributed by atoms with E-state index in [2.05, 4.69) is 17.4 Å². The summed E-state index contributed by atoms with van der Waals surface area (Å²) in [5.74, 6) is -1.68. The zero-order valence-corrected chi connectivity index (χ0v) is 18.2. The highest BCUT2D eigenvalue weighted by molar-refractivity contribution is 5.92. The van der Waals surface area contributed by atoms with Gasteiger partial charge in [-0.2, -0.15) is 0 Å². The van der Waals surface area contributed by atoms with Gasteiger partial charge in [0.1, 0.15) is 18.2 Å².